The van der Waals surface area contributed by atoms with Crippen LogP contribution >= 0.6 is 0 Å². The first kappa shape index (κ1) is 21.3. The van der Waals surface area contributed by atoms with E-state index in [9.17, 15) is 26.3 Å². The van der Waals surface area contributed by atoms with Gasteiger partial charge in [-0.25, -0.2) is 15.0 Å². The summed E-state index contributed by atoms with van der Waals surface area (Å²) in [6, 6.07) is 9.02. The van der Waals surface area contributed by atoms with E-state index in [0.29, 0.717) is 29.1 Å². The molecular formula is C20H12F6N6. The van der Waals surface area contributed by atoms with E-state index in [1.54, 1.807) is 24.3 Å². The highest BCUT2D eigenvalue weighted by Crippen LogP contribution is 2.32. The van der Waals surface area contributed by atoms with Crippen LogP contribution in [0.15, 0.2) is 61.2 Å². The number of benzene rings is 1. The Morgan fingerprint density at radius 3 is 2.12 bits per heavy atom. The van der Waals surface area contributed by atoms with Crippen molar-refractivity contribution in [2.24, 2.45) is 0 Å². The van der Waals surface area contributed by atoms with Crippen LogP contribution in [0, 0.1) is 0 Å². The number of nitrogens with zero attached hydrogens (tertiary/aromatic N) is 5. The first-order valence-corrected chi connectivity index (χ1v) is 8.91. The van der Waals surface area contributed by atoms with Gasteiger partial charge >= 0.3 is 12.4 Å². The minimum absolute atomic E-state index is 0.0386. The normalized spacial score (nSPS) is 12.2. The van der Waals surface area contributed by atoms with Crippen molar-refractivity contribution in [2.45, 2.75) is 12.4 Å². The third kappa shape index (κ3) is 4.38. The maximum atomic E-state index is 13.4. The molecule has 0 saturated carbocycles. The standard InChI is InChI=1S/C20H12F6N6/c21-19(22,23)16-5-4-12(8-28-16)14-7-17(20(24,25)26)31-18(30-14)32-9-15(29-10-32)11-2-1-3-13(27)6-11/h1-10H,27H2. The molecule has 0 saturated heterocycles. The van der Waals surface area contributed by atoms with Gasteiger partial charge in [0, 0.05) is 29.2 Å². The SMILES string of the molecule is Nc1cccc(-c2cn(-c3nc(-c4ccc(C(F)(F)F)nc4)cc(C(F)(F)F)n3)cn2)c1. The molecule has 0 spiro atoms. The molecule has 2 N–H and O–H groups in total. The summed E-state index contributed by atoms with van der Waals surface area (Å²) < 4.78 is 79.7. The van der Waals surface area contributed by atoms with Crippen LogP contribution < -0.4 is 5.73 Å². The Morgan fingerprint density at radius 2 is 1.50 bits per heavy atom. The van der Waals surface area contributed by atoms with Gasteiger partial charge in [0.2, 0.25) is 5.95 Å². The molecule has 0 fully saturated rings. The molecule has 3 aromatic heterocycles. The van der Waals surface area contributed by atoms with E-state index < -0.39 is 23.7 Å². The highest BCUT2D eigenvalue weighted by atomic mass is 19.4. The van der Waals surface area contributed by atoms with Crippen LogP contribution in [0.4, 0.5) is 32.0 Å². The number of nitrogens with two attached hydrogens (primary N) is 1. The number of anilines is 1. The zero-order chi connectivity index (χ0) is 23.1. The van der Waals surface area contributed by atoms with Gasteiger partial charge in [-0.15, -0.1) is 0 Å². The molecule has 0 unspecified atom stereocenters. The second kappa shape index (κ2) is 7.62. The summed E-state index contributed by atoms with van der Waals surface area (Å²) in [5.41, 5.74) is 4.53. The van der Waals surface area contributed by atoms with Gasteiger partial charge in [0.1, 0.15) is 12.0 Å². The highest BCUT2D eigenvalue weighted by molar-refractivity contribution is 5.64. The molecule has 4 aromatic rings. The lowest BCUT2D eigenvalue weighted by molar-refractivity contribution is -0.141. The molecular weight excluding hydrogens is 438 g/mol. The second-order valence-corrected chi connectivity index (χ2v) is 6.66. The summed E-state index contributed by atoms with van der Waals surface area (Å²) in [5.74, 6) is -0.364. The van der Waals surface area contributed by atoms with Crippen LogP contribution in [0.3, 0.4) is 0 Å². The largest absolute Gasteiger partial charge is 0.433 e. The molecule has 0 aliphatic heterocycles. The predicted molar refractivity (Wildman–Crippen MR) is 102 cm³/mol. The van der Waals surface area contributed by atoms with Crippen molar-refractivity contribution in [3.8, 4) is 28.5 Å². The van der Waals surface area contributed by atoms with Gasteiger partial charge in [-0.1, -0.05) is 12.1 Å². The third-order valence-electron chi connectivity index (χ3n) is 4.35. The Morgan fingerprint density at radius 1 is 0.750 bits per heavy atom. The van der Waals surface area contributed by atoms with E-state index in [1.807, 2.05) is 0 Å². The smallest absolute Gasteiger partial charge is 0.399 e. The summed E-state index contributed by atoms with van der Waals surface area (Å²) >= 11 is 0. The molecule has 6 nitrogen and oxygen atoms in total. The van der Waals surface area contributed by atoms with E-state index in [0.717, 1.165) is 12.3 Å². The molecule has 1 aromatic carbocycles. The lowest BCUT2D eigenvalue weighted by Crippen LogP contribution is -2.12. The van der Waals surface area contributed by atoms with Crippen LogP contribution in [-0.4, -0.2) is 24.5 Å². The fraction of sp³-hybridized carbons (Fsp3) is 0.100. The minimum Gasteiger partial charge on any atom is -0.399 e. The summed E-state index contributed by atoms with van der Waals surface area (Å²) in [5, 5.41) is 0. The van der Waals surface area contributed by atoms with Crippen molar-refractivity contribution < 1.29 is 26.3 Å². The van der Waals surface area contributed by atoms with E-state index >= 15 is 0 Å². The number of halogens is 6. The molecule has 32 heavy (non-hydrogen) atoms. The Hall–Kier alpha value is -3.96. The van der Waals surface area contributed by atoms with Gasteiger partial charge in [0.05, 0.1) is 11.4 Å². The van der Waals surface area contributed by atoms with Gasteiger partial charge in [-0.2, -0.15) is 26.3 Å². The van der Waals surface area contributed by atoms with Crippen molar-refractivity contribution in [3.63, 3.8) is 0 Å². The molecule has 0 amide bonds. The van der Waals surface area contributed by atoms with E-state index in [-0.39, 0.29) is 17.2 Å². The Labute approximate surface area is 176 Å². The molecule has 12 heteroatoms. The van der Waals surface area contributed by atoms with Crippen LogP contribution in [0.2, 0.25) is 0 Å². The van der Waals surface area contributed by atoms with Crippen LogP contribution in [-0.2, 0) is 12.4 Å². The van der Waals surface area contributed by atoms with Gasteiger partial charge in [0.25, 0.3) is 0 Å². The lowest BCUT2D eigenvalue weighted by Gasteiger charge is -2.11. The molecule has 3 heterocycles. The van der Waals surface area contributed by atoms with Crippen molar-refractivity contribution >= 4 is 5.69 Å². The molecule has 0 atom stereocenters. The average Bonchev–Trinajstić information content (AvgIpc) is 3.23. The zero-order valence-electron chi connectivity index (χ0n) is 15.9. The van der Waals surface area contributed by atoms with Crippen molar-refractivity contribution in [1.82, 2.24) is 24.5 Å². The van der Waals surface area contributed by atoms with Crippen LogP contribution in [0.1, 0.15) is 11.4 Å². The average molecular weight is 450 g/mol. The number of imidazole rings is 1. The van der Waals surface area contributed by atoms with E-state index in [4.69, 9.17) is 5.73 Å². The first-order valence-electron chi connectivity index (χ1n) is 8.91. The number of pyridine rings is 1. The second-order valence-electron chi connectivity index (χ2n) is 6.66. The molecule has 4 rings (SSSR count). The van der Waals surface area contributed by atoms with Gasteiger partial charge in [0.15, 0.2) is 5.69 Å². The monoisotopic (exact) mass is 450 g/mol. The molecule has 0 radical (unpaired) electrons. The van der Waals surface area contributed by atoms with Crippen molar-refractivity contribution in [3.05, 3.63) is 72.6 Å². The quantitative estimate of drug-likeness (QED) is 0.351. The van der Waals surface area contributed by atoms with Crippen molar-refractivity contribution in [1.29, 1.82) is 0 Å². The van der Waals surface area contributed by atoms with Gasteiger partial charge in [-0.05, 0) is 30.3 Å². The summed E-state index contributed by atoms with van der Waals surface area (Å²) in [6.07, 6.45) is -6.05. The minimum atomic E-state index is -4.82. The summed E-state index contributed by atoms with van der Waals surface area (Å²) in [7, 11) is 0. The third-order valence-corrected chi connectivity index (χ3v) is 4.35. The summed E-state index contributed by atoms with van der Waals surface area (Å²) in [6.45, 7) is 0. The van der Waals surface area contributed by atoms with E-state index in [1.165, 1.54) is 17.1 Å². The fourth-order valence-electron chi connectivity index (χ4n) is 2.84. The number of hydrogen-bond donors (Lipinski definition) is 1. The highest BCUT2D eigenvalue weighted by Gasteiger charge is 2.35. The Balaban J connectivity index is 1.78. The molecule has 0 bridgehead atoms. The number of aromatic nitrogens is 5. The molecule has 164 valence electrons. The van der Waals surface area contributed by atoms with Crippen LogP contribution in [0.5, 0.6) is 0 Å². The lowest BCUT2D eigenvalue weighted by atomic mass is 10.1. The van der Waals surface area contributed by atoms with E-state index in [2.05, 4.69) is 19.9 Å². The topological polar surface area (TPSA) is 82.5 Å². The van der Waals surface area contributed by atoms with Gasteiger partial charge < -0.3 is 5.73 Å². The zero-order valence-corrected chi connectivity index (χ0v) is 15.9. The fourth-order valence-corrected chi connectivity index (χ4v) is 2.84. The van der Waals surface area contributed by atoms with Gasteiger partial charge in [-0.3, -0.25) is 9.55 Å². The Kier molecular flexibility index (Phi) is 5.07. The number of hydrogen-bond acceptors (Lipinski definition) is 5. The molecule has 0 aliphatic carbocycles. The molecule has 0 aliphatic rings. The predicted octanol–water partition coefficient (Wildman–Crippen LogP) is 5.01. The number of nitrogen functional groups attached to an aromatic ring is 1. The number of rotatable bonds is 3. The maximum absolute atomic E-state index is 13.4. The summed E-state index contributed by atoms with van der Waals surface area (Å²) in [4.78, 5) is 15.0. The maximum Gasteiger partial charge on any atom is 0.433 e. The Bertz CT molecular complexity index is 1260. The number of alkyl halides is 6. The van der Waals surface area contributed by atoms with Crippen molar-refractivity contribution in [2.75, 3.05) is 5.73 Å². The first-order chi connectivity index (χ1) is 15.0. The van der Waals surface area contributed by atoms with Crippen LogP contribution in [0.25, 0.3) is 28.5 Å².